The van der Waals surface area contributed by atoms with Gasteiger partial charge in [-0.25, -0.2) is 0 Å². The quantitative estimate of drug-likeness (QED) is 0.640. The van der Waals surface area contributed by atoms with Gasteiger partial charge < -0.3 is 15.5 Å². The average Bonchev–Trinajstić information content (AvgIpc) is 2.04. The highest BCUT2D eigenvalue weighted by atomic mass is 35.5. The molecule has 4 heteroatoms. The molecule has 0 fully saturated rings. The van der Waals surface area contributed by atoms with E-state index in [0.717, 1.165) is 0 Å². The predicted octanol–water partition coefficient (Wildman–Crippen LogP) is 0.995. The number of nitrogens with one attached hydrogen (secondary N) is 1. The van der Waals surface area contributed by atoms with Gasteiger partial charge in [-0.2, -0.15) is 0 Å². The van der Waals surface area contributed by atoms with Gasteiger partial charge in [0.25, 0.3) is 0 Å². The van der Waals surface area contributed by atoms with Crippen molar-refractivity contribution in [2.45, 2.75) is 5.06 Å². The van der Waals surface area contributed by atoms with Crippen LogP contribution in [0.5, 0.6) is 5.75 Å². The Balaban J connectivity index is 2.93. The molecular weight excluding hydrogens is 190 g/mol. The lowest BCUT2D eigenvalue weighted by atomic mass is 10.1. The Bertz CT molecular complexity index is 289. The number of aliphatic hydroxyl groups is 1. The van der Waals surface area contributed by atoms with Crippen molar-refractivity contribution in [2.75, 3.05) is 13.6 Å². The number of likely N-dealkylation sites (N-methyl/N-ethyl adjacent to an activating group) is 1. The molecule has 0 radical (unpaired) electrons. The molecule has 13 heavy (non-hydrogen) atoms. The number of phenols is 1. The van der Waals surface area contributed by atoms with Crippen LogP contribution in [0.3, 0.4) is 0 Å². The van der Waals surface area contributed by atoms with Crippen LogP contribution in [0.25, 0.3) is 0 Å². The summed E-state index contributed by atoms with van der Waals surface area (Å²) in [6, 6.07) is 6.25. The molecule has 0 aromatic heterocycles. The molecule has 1 atom stereocenters. The molecule has 1 aromatic rings. The first-order chi connectivity index (χ1) is 6.06. The molecule has 0 aliphatic heterocycles. The van der Waals surface area contributed by atoms with Crippen molar-refractivity contribution in [3.05, 3.63) is 29.8 Å². The number of halogens is 1. The third-order valence-corrected chi connectivity index (χ3v) is 2.05. The van der Waals surface area contributed by atoms with Crippen LogP contribution in [0, 0.1) is 0 Å². The highest BCUT2D eigenvalue weighted by Crippen LogP contribution is 2.27. The third-order valence-electron chi connectivity index (χ3n) is 1.70. The summed E-state index contributed by atoms with van der Waals surface area (Å²) in [6.45, 7) is 0.220. The number of rotatable bonds is 3. The fourth-order valence-electron chi connectivity index (χ4n) is 1.08. The van der Waals surface area contributed by atoms with Crippen LogP contribution < -0.4 is 5.32 Å². The van der Waals surface area contributed by atoms with E-state index < -0.39 is 5.06 Å². The molecule has 3 nitrogen and oxygen atoms in total. The second kappa shape index (κ2) is 3.96. The van der Waals surface area contributed by atoms with Crippen LogP contribution in [-0.4, -0.2) is 23.8 Å². The Morgan fingerprint density at radius 1 is 1.54 bits per heavy atom. The normalized spacial score (nSPS) is 15.3. The van der Waals surface area contributed by atoms with Gasteiger partial charge in [0.1, 0.15) is 5.75 Å². The van der Waals surface area contributed by atoms with E-state index in [0.29, 0.717) is 5.56 Å². The van der Waals surface area contributed by atoms with Gasteiger partial charge in [0.2, 0.25) is 0 Å². The van der Waals surface area contributed by atoms with Gasteiger partial charge in [-0.15, -0.1) is 0 Å². The minimum absolute atomic E-state index is 0.0904. The van der Waals surface area contributed by atoms with Crippen LogP contribution >= 0.6 is 11.6 Å². The van der Waals surface area contributed by atoms with Crippen LogP contribution in [0.1, 0.15) is 5.56 Å². The standard InChI is InChI=1S/C9H12ClNO2/c1-11-6-9(10,13)7-3-2-4-8(12)5-7/h2-5,11-13H,6H2,1H3. The van der Waals surface area contributed by atoms with E-state index in [9.17, 15) is 5.11 Å². The predicted molar refractivity (Wildman–Crippen MR) is 51.8 cm³/mol. The van der Waals surface area contributed by atoms with Gasteiger partial charge in [-0.3, -0.25) is 0 Å². The van der Waals surface area contributed by atoms with Crippen LogP contribution in [-0.2, 0) is 5.06 Å². The number of hydrogen-bond donors (Lipinski definition) is 3. The summed E-state index contributed by atoms with van der Waals surface area (Å²) < 4.78 is 0. The highest BCUT2D eigenvalue weighted by Gasteiger charge is 2.25. The second-order valence-corrected chi connectivity index (χ2v) is 3.47. The Labute approximate surface area is 82.0 Å². The second-order valence-electron chi connectivity index (χ2n) is 2.84. The van der Waals surface area contributed by atoms with Gasteiger partial charge in [-0.05, 0) is 19.2 Å². The Morgan fingerprint density at radius 2 is 2.23 bits per heavy atom. The maximum absolute atomic E-state index is 9.70. The molecule has 1 aromatic carbocycles. The SMILES string of the molecule is CNCC(O)(Cl)c1cccc(O)c1. The summed E-state index contributed by atoms with van der Waals surface area (Å²) in [5, 5.41) is 20.2. The molecule has 0 aliphatic carbocycles. The van der Waals surface area contributed by atoms with Crippen LogP contribution in [0.15, 0.2) is 24.3 Å². The molecule has 72 valence electrons. The monoisotopic (exact) mass is 201 g/mol. The lowest BCUT2D eigenvalue weighted by molar-refractivity contribution is 0.129. The molecule has 0 aliphatic rings. The molecule has 0 spiro atoms. The molecular formula is C9H12ClNO2. The van der Waals surface area contributed by atoms with Gasteiger partial charge in [0.05, 0.1) is 0 Å². The number of alkyl halides is 1. The van der Waals surface area contributed by atoms with Crippen molar-refractivity contribution in [3.63, 3.8) is 0 Å². The van der Waals surface area contributed by atoms with Gasteiger partial charge >= 0.3 is 0 Å². The average molecular weight is 202 g/mol. The molecule has 0 bridgehead atoms. The fraction of sp³-hybridized carbons (Fsp3) is 0.333. The summed E-state index contributed by atoms with van der Waals surface area (Å²) >= 11 is 5.82. The number of benzene rings is 1. The summed E-state index contributed by atoms with van der Waals surface area (Å²) in [5.41, 5.74) is 0.475. The zero-order chi connectivity index (χ0) is 9.90. The summed E-state index contributed by atoms with van der Waals surface area (Å²) in [6.07, 6.45) is 0. The molecule has 3 N–H and O–H groups in total. The van der Waals surface area contributed by atoms with Crippen molar-refractivity contribution in [1.29, 1.82) is 0 Å². The van der Waals surface area contributed by atoms with Gasteiger partial charge in [0.15, 0.2) is 5.06 Å². The van der Waals surface area contributed by atoms with E-state index in [-0.39, 0.29) is 12.3 Å². The Hall–Kier alpha value is -0.770. The fourth-order valence-corrected chi connectivity index (χ4v) is 1.33. The van der Waals surface area contributed by atoms with Crippen molar-refractivity contribution in [1.82, 2.24) is 5.32 Å². The van der Waals surface area contributed by atoms with Crippen molar-refractivity contribution >= 4 is 11.6 Å². The van der Waals surface area contributed by atoms with Crippen molar-refractivity contribution < 1.29 is 10.2 Å². The first-order valence-electron chi connectivity index (χ1n) is 3.91. The molecule has 0 amide bonds. The maximum Gasteiger partial charge on any atom is 0.176 e. The Kier molecular flexibility index (Phi) is 3.14. The van der Waals surface area contributed by atoms with Crippen LogP contribution in [0.2, 0.25) is 0 Å². The van der Waals surface area contributed by atoms with Crippen LogP contribution in [0.4, 0.5) is 0 Å². The van der Waals surface area contributed by atoms with Gasteiger partial charge in [0, 0.05) is 12.1 Å². The number of hydrogen-bond acceptors (Lipinski definition) is 3. The maximum atomic E-state index is 9.70. The largest absolute Gasteiger partial charge is 0.508 e. The van der Waals surface area contributed by atoms with Crippen molar-refractivity contribution in [2.24, 2.45) is 0 Å². The zero-order valence-electron chi connectivity index (χ0n) is 7.29. The lowest BCUT2D eigenvalue weighted by Crippen LogP contribution is -2.30. The first-order valence-corrected chi connectivity index (χ1v) is 4.29. The minimum atomic E-state index is -1.46. The molecule has 1 rings (SSSR count). The highest BCUT2D eigenvalue weighted by molar-refractivity contribution is 6.23. The first kappa shape index (κ1) is 10.3. The summed E-state index contributed by atoms with van der Waals surface area (Å²) in [7, 11) is 1.69. The van der Waals surface area contributed by atoms with E-state index in [2.05, 4.69) is 5.32 Å². The van der Waals surface area contributed by atoms with E-state index in [1.807, 2.05) is 0 Å². The zero-order valence-corrected chi connectivity index (χ0v) is 8.04. The summed E-state index contributed by atoms with van der Waals surface area (Å²) in [4.78, 5) is 0. The topological polar surface area (TPSA) is 52.5 Å². The van der Waals surface area contributed by atoms with E-state index in [4.69, 9.17) is 16.7 Å². The smallest absolute Gasteiger partial charge is 0.176 e. The molecule has 1 unspecified atom stereocenters. The Morgan fingerprint density at radius 3 is 2.77 bits per heavy atom. The third kappa shape index (κ3) is 2.59. The van der Waals surface area contributed by atoms with E-state index in [1.165, 1.54) is 12.1 Å². The number of phenolic OH excluding ortho intramolecular Hbond substituents is 1. The van der Waals surface area contributed by atoms with E-state index in [1.54, 1.807) is 19.2 Å². The lowest BCUT2D eigenvalue weighted by Gasteiger charge is -2.20. The number of aromatic hydroxyl groups is 1. The molecule has 0 heterocycles. The van der Waals surface area contributed by atoms with Crippen molar-refractivity contribution in [3.8, 4) is 5.75 Å². The molecule has 0 saturated carbocycles. The minimum Gasteiger partial charge on any atom is -0.508 e. The van der Waals surface area contributed by atoms with Gasteiger partial charge in [-0.1, -0.05) is 23.7 Å². The van der Waals surface area contributed by atoms with E-state index >= 15 is 0 Å². The summed E-state index contributed by atoms with van der Waals surface area (Å²) in [5.74, 6) is 0.0904. The molecule has 0 saturated heterocycles.